The van der Waals surface area contributed by atoms with E-state index in [1.165, 1.54) is 0 Å². The summed E-state index contributed by atoms with van der Waals surface area (Å²) in [6.07, 6.45) is -0.774. The van der Waals surface area contributed by atoms with Gasteiger partial charge in [0.05, 0.1) is 0 Å². The van der Waals surface area contributed by atoms with Crippen molar-refractivity contribution in [1.82, 2.24) is 4.90 Å². The molecule has 1 fully saturated rings. The van der Waals surface area contributed by atoms with Crippen LogP contribution in [0.3, 0.4) is 0 Å². The summed E-state index contributed by atoms with van der Waals surface area (Å²) in [5.41, 5.74) is 2.20. The van der Waals surface area contributed by atoms with Crippen LogP contribution in [0.15, 0.2) is 54.6 Å². The summed E-state index contributed by atoms with van der Waals surface area (Å²) in [5.74, 6) is -0.116. The highest BCUT2D eigenvalue weighted by Gasteiger charge is 2.23. The number of rotatable bonds is 6. The Labute approximate surface area is 165 Å². The number of aryl methyl sites for hydroxylation is 1. The molecule has 0 aliphatic carbocycles. The van der Waals surface area contributed by atoms with Gasteiger partial charge in [-0.25, -0.2) is 4.79 Å². The van der Waals surface area contributed by atoms with Gasteiger partial charge < -0.3 is 19.3 Å². The molecule has 1 heterocycles. The normalized spacial score (nSPS) is 15.1. The number of benzene rings is 2. The number of anilines is 1. The van der Waals surface area contributed by atoms with Crippen molar-refractivity contribution in [3.8, 4) is 5.75 Å². The molecule has 0 saturated carbocycles. The van der Waals surface area contributed by atoms with E-state index in [1.54, 1.807) is 17.9 Å². The van der Waals surface area contributed by atoms with Crippen LogP contribution in [0.1, 0.15) is 12.5 Å². The number of piperazine rings is 1. The van der Waals surface area contributed by atoms with Crippen molar-refractivity contribution in [1.29, 1.82) is 0 Å². The molecule has 1 amide bonds. The van der Waals surface area contributed by atoms with Crippen LogP contribution >= 0.6 is 0 Å². The van der Waals surface area contributed by atoms with Crippen LogP contribution in [0.25, 0.3) is 0 Å². The standard InChI is InChI=1S/C22H26N2O4/c1-17-7-6-10-20(15-17)28-18(2)22(26)27-16-21(25)24-13-11-23(12-14-24)19-8-4-3-5-9-19/h3-10,15,18H,11-14,16H2,1-2H3/t18-/m1/s1. The summed E-state index contributed by atoms with van der Waals surface area (Å²) in [4.78, 5) is 28.5. The van der Waals surface area contributed by atoms with Crippen molar-refractivity contribution in [2.75, 3.05) is 37.7 Å². The second-order valence-corrected chi connectivity index (χ2v) is 6.89. The van der Waals surface area contributed by atoms with Crippen LogP contribution in [-0.4, -0.2) is 55.7 Å². The summed E-state index contributed by atoms with van der Waals surface area (Å²) < 4.78 is 10.8. The lowest BCUT2D eigenvalue weighted by Gasteiger charge is -2.36. The topological polar surface area (TPSA) is 59.1 Å². The Balaban J connectivity index is 1.42. The smallest absolute Gasteiger partial charge is 0.347 e. The first-order chi connectivity index (χ1) is 13.5. The quantitative estimate of drug-likeness (QED) is 0.719. The number of carbonyl (C=O) groups excluding carboxylic acids is 2. The van der Waals surface area contributed by atoms with Gasteiger partial charge in [-0.15, -0.1) is 0 Å². The highest BCUT2D eigenvalue weighted by Crippen LogP contribution is 2.16. The average Bonchev–Trinajstić information content (AvgIpc) is 2.72. The third-order valence-corrected chi connectivity index (χ3v) is 4.73. The molecule has 148 valence electrons. The Morgan fingerprint density at radius 2 is 1.71 bits per heavy atom. The van der Waals surface area contributed by atoms with E-state index >= 15 is 0 Å². The van der Waals surface area contributed by atoms with Gasteiger partial charge in [-0.2, -0.15) is 0 Å². The van der Waals surface area contributed by atoms with E-state index in [9.17, 15) is 9.59 Å². The zero-order valence-corrected chi connectivity index (χ0v) is 16.3. The molecule has 0 spiro atoms. The van der Waals surface area contributed by atoms with Crippen LogP contribution in [0, 0.1) is 6.92 Å². The number of para-hydroxylation sites is 1. The second kappa shape index (κ2) is 9.26. The molecule has 0 bridgehead atoms. The molecule has 0 radical (unpaired) electrons. The summed E-state index contributed by atoms with van der Waals surface area (Å²) in [5, 5.41) is 0. The molecule has 1 saturated heterocycles. The largest absolute Gasteiger partial charge is 0.479 e. The molecule has 6 nitrogen and oxygen atoms in total. The van der Waals surface area contributed by atoms with Gasteiger partial charge in [-0.3, -0.25) is 4.79 Å². The van der Waals surface area contributed by atoms with E-state index in [1.807, 2.05) is 43.3 Å². The number of hydrogen-bond donors (Lipinski definition) is 0. The summed E-state index contributed by atoms with van der Waals surface area (Å²) in [6, 6.07) is 17.6. The van der Waals surface area contributed by atoms with Crippen molar-refractivity contribution in [3.05, 3.63) is 60.2 Å². The van der Waals surface area contributed by atoms with Crippen molar-refractivity contribution in [2.24, 2.45) is 0 Å². The molecular formula is C22H26N2O4. The maximum absolute atomic E-state index is 12.4. The predicted molar refractivity (Wildman–Crippen MR) is 107 cm³/mol. The Kier molecular flexibility index (Phi) is 6.53. The highest BCUT2D eigenvalue weighted by molar-refractivity contribution is 5.82. The minimum absolute atomic E-state index is 0.177. The minimum atomic E-state index is -0.774. The van der Waals surface area contributed by atoms with E-state index < -0.39 is 12.1 Å². The number of ether oxygens (including phenoxy) is 2. The van der Waals surface area contributed by atoms with Gasteiger partial charge in [0.1, 0.15) is 5.75 Å². The maximum Gasteiger partial charge on any atom is 0.347 e. The fourth-order valence-corrected chi connectivity index (χ4v) is 3.14. The summed E-state index contributed by atoms with van der Waals surface area (Å²) >= 11 is 0. The monoisotopic (exact) mass is 382 g/mol. The number of amides is 1. The Morgan fingerprint density at radius 1 is 1.00 bits per heavy atom. The Bertz CT molecular complexity index is 801. The second-order valence-electron chi connectivity index (χ2n) is 6.89. The van der Waals surface area contributed by atoms with Crippen molar-refractivity contribution < 1.29 is 19.1 Å². The first-order valence-electron chi connectivity index (χ1n) is 9.50. The molecule has 2 aromatic rings. The predicted octanol–water partition coefficient (Wildman–Crippen LogP) is 2.65. The molecule has 0 unspecified atom stereocenters. The minimum Gasteiger partial charge on any atom is -0.479 e. The van der Waals surface area contributed by atoms with Gasteiger partial charge in [0.25, 0.3) is 5.91 Å². The maximum atomic E-state index is 12.4. The van der Waals surface area contributed by atoms with Gasteiger partial charge in [0.2, 0.25) is 0 Å². The van der Waals surface area contributed by atoms with E-state index in [4.69, 9.17) is 9.47 Å². The average molecular weight is 382 g/mol. The van der Waals surface area contributed by atoms with Gasteiger partial charge in [0, 0.05) is 31.9 Å². The van der Waals surface area contributed by atoms with Crippen LogP contribution < -0.4 is 9.64 Å². The highest BCUT2D eigenvalue weighted by atomic mass is 16.6. The molecule has 1 aliphatic heterocycles. The lowest BCUT2D eigenvalue weighted by atomic mass is 10.2. The fourth-order valence-electron chi connectivity index (χ4n) is 3.14. The van der Waals surface area contributed by atoms with E-state index in [2.05, 4.69) is 17.0 Å². The van der Waals surface area contributed by atoms with Gasteiger partial charge in [-0.1, -0.05) is 30.3 Å². The lowest BCUT2D eigenvalue weighted by molar-refractivity contribution is -0.157. The van der Waals surface area contributed by atoms with Crippen LogP contribution in [0.5, 0.6) is 5.75 Å². The molecule has 1 aliphatic rings. The lowest BCUT2D eigenvalue weighted by Crippen LogP contribution is -2.50. The number of carbonyl (C=O) groups is 2. The molecule has 3 rings (SSSR count). The molecule has 2 aromatic carbocycles. The summed E-state index contributed by atoms with van der Waals surface area (Å²) in [6.45, 7) is 6.06. The third kappa shape index (κ3) is 5.25. The van der Waals surface area contributed by atoms with E-state index in [0.717, 1.165) is 24.3 Å². The van der Waals surface area contributed by atoms with Crippen LogP contribution in [0.4, 0.5) is 5.69 Å². The molecular weight excluding hydrogens is 356 g/mol. The SMILES string of the molecule is Cc1cccc(O[C@H](C)C(=O)OCC(=O)N2CCN(c3ccccc3)CC2)c1. The van der Waals surface area contributed by atoms with Crippen molar-refractivity contribution >= 4 is 17.6 Å². The zero-order valence-electron chi connectivity index (χ0n) is 16.3. The van der Waals surface area contributed by atoms with Crippen LogP contribution in [-0.2, 0) is 14.3 Å². The van der Waals surface area contributed by atoms with Gasteiger partial charge >= 0.3 is 5.97 Å². The first-order valence-corrected chi connectivity index (χ1v) is 9.50. The van der Waals surface area contributed by atoms with Crippen LogP contribution in [0.2, 0.25) is 0 Å². The van der Waals surface area contributed by atoms with Gasteiger partial charge in [0.15, 0.2) is 12.7 Å². The number of esters is 1. The fraction of sp³-hybridized carbons (Fsp3) is 0.364. The van der Waals surface area contributed by atoms with E-state index in [-0.39, 0.29) is 12.5 Å². The summed E-state index contributed by atoms with van der Waals surface area (Å²) in [7, 11) is 0. The number of nitrogens with zero attached hydrogens (tertiary/aromatic N) is 2. The Hall–Kier alpha value is -3.02. The molecule has 0 N–H and O–H groups in total. The Morgan fingerprint density at radius 3 is 2.39 bits per heavy atom. The molecule has 0 aromatic heterocycles. The first kappa shape index (κ1) is 19.7. The van der Waals surface area contributed by atoms with Crippen molar-refractivity contribution in [3.63, 3.8) is 0 Å². The van der Waals surface area contributed by atoms with Crippen molar-refractivity contribution in [2.45, 2.75) is 20.0 Å². The number of hydrogen-bond acceptors (Lipinski definition) is 5. The zero-order chi connectivity index (χ0) is 19.9. The van der Waals surface area contributed by atoms with Gasteiger partial charge in [-0.05, 0) is 43.7 Å². The third-order valence-electron chi connectivity index (χ3n) is 4.73. The molecule has 6 heteroatoms. The molecule has 28 heavy (non-hydrogen) atoms. The molecule has 1 atom stereocenters. The van der Waals surface area contributed by atoms with E-state index in [0.29, 0.717) is 18.8 Å².